The van der Waals surface area contributed by atoms with E-state index in [9.17, 15) is 28.0 Å². The Kier molecular flexibility index (Phi) is 15.4. The number of benzene rings is 2. The number of aromatic nitrogens is 1. The van der Waals surface area contributed by atoms with Crippen molar-refractivity contribution in [1.82, 2.24) is 20.1 Å². The Morgan fingerprint density at radius 1 is 0.915 bits per heavy atom. The molecule has 1 atom stereocenters. The van der Waals surface area contributed by atoms with E-state index in [-0.39, 0.29) is 57.2 Å². The first kappa shape index (κ1) is 36.7. The molecule has 0 aliphatic heterocycles. The minimum Gasteiger partial charge on any atom is -0.461 e. The number of hydrogen-bond donors (Lipinski definition) is 1. The summed E-state index contributed by atoms with van der Waals surface area (Å²) in [6.45, 7) is 5.39. The van der Waals surface area contributed by atoms with Gasteiger partial charge in [0.1, 0.15) is 24.3 Å². The molecule has 0 saturated carbocycles. The van der Waals surface area contributed by atoms with Gasteiger partial charge in [-0.15, -0.1) is 0 Å². The van der Waals surface area contributed by atoms with Gasteiger partial charge < -0.3 is 19.9 Å². The standard InChI is InChI=1S/C36H42F2N4O5/c1-3-23-47-35(45)24-33(36(46)41(26-32(43)4-2)21-18-31-7-5-6-19-40-31)42(22-17-28-10-14-30(38)15-11-28)34(44)25-39-20-16-27-8-12-29(37)13-9-27/h3,5-15,19,33,39H,1,4,16-18,20-26H2,2H3. The zero-order chi connectivity index (χ0) is 34.0. The molecule has 3 rings (SSSR count). The van der Waals surface area contributed by atoms with Crippen molar-refractivity contribution >= 4 is 23.6 Å². The second-order valence-corrected chi connectivity index (χ2v) is 10.9. The molecule has 1 N–H and O–H groups in total. The molecule has 0 aliphatic carbocycles. The minimum absolute atomic E-state index is 0.0328. The van der Waals surface area contributed by atoms with Crippen LogP contribution in [0, 0.1) is 11.6 Å². The lowest BCUT2D eigenvalue weighted by molar-refractivity contribution is -0.153. The molecule has 47 heavy (non-hydrogen) atoms. The van der Waals surface area contributed by atoms with Crippen LogP contribution in [0.25, 0.3) is 0 Å². The SMILES string of the molecule is C=CCOC(=O)CC(C(=O)N(CCc1ccccn1)CC(=O)CC)N(CCc1ccc(F)cc1)C(=O)CNCCc1ccc(F)cc1. The fourth-order valence-electron chi connectivity index (χ4n) is 4.83. The van der Waals surface area contributed by atoms with Gasteiger partial charge in [-0.1, -0.05) is 49.9 Å². The number of Topliss-reactive ketones (excluding diaryl/α,β-unsaturated/α-hetero) is 1. The Labute approximate surface area is 274 Å². The molecule has 9 nitrogen and oxygen atoms in total. The first-order valence-electron chi connectivity index (χ1n) is 15.7. The van der Waals surface area contributed by atoms with E-state index in [0.29, 0.717) is 25.1 Å². The minimum atomic E-state index is -1.28. The first-order chi connectivity index (χ1) is 22.7. The molecule has 0 saturated heterocycles. The number of halogens is 2. The van der Waals surface area contributed by atoms with Crippen LogP contribution in [0.3, 0.4) is 0 Å². The molecule has 0 spiro atoms. The second kappa shape index (κ2) is 19.7. The van der Waals surface area contributed by atoms with E-state index in [4.69, 9.17) is 4.74 Å². The summed E-state index contributed by atoms with van der Waals surface area (Å²) in [5.74, 6) is -2.66. The maximum absolute atomic E-state index is 14.3. The molecule has 0 bridgehead atoms. The number of esters is 1. The number of rotatable bonds is 20. The summed E-state index contributed by atoms with van der Waals surface area (Å²) in [7, 11) is 0. The number of ether oxygens (including phenoxy) is 1. The van der Waals surface area contributed by atoms with E-state index in [2.05, 4.69) is 16.9 Å². The summed E-state index contributed by atoms with van der Waals surface area (Å²) in [6, 6.07) is 16.0. The van der Waals surface area contributed by atoms with Crippen LogP contribution in [0.15, 0.2) is 85.6 Å². The van der Waals surface area contributed by atoms with Crippen LogP contribution in [0.1, 0.15) is 36.6 Å². The van der Waals surface area contributed by atoms with Crippen molar-refractivity contribution < 1.29 is 32.7 Å². The lowest BCUT2D eigenvalue weighted by Crippen LogP contribution is -2.55. The van der Waals surface area contributed by atoms with Crippen molar-refractivity contribution in [2.24, 2.45) is 0 Å². The smallest absolute Gasteiger partial charge is 0.308 e. The highest BCUT2D eigenvalue weighted by Gasteiger charge is 2.35. The quantitative estimate of drug-likeness (QED) is 0.112. The number of pyridine rings is 1. The predicted octanol–water partition coefficient (Wildman–Crippen LogP) is 4.10. The molecular formula is C36H42F2N4O5. The molecule has 0 fully saturated rings. The zero-order valence-corrected chi connectivity index (χ0v) is 26.7. The van der Waals surface area contributed by atoms with E-state index < -0.39 is 36.1 Å². The summed E-state index contributed by atoms with van der Waals surface area (Å²) in [5, 5.41) is 3.08. The van der Waals surface area contributed by atoms with Crippen molar-refractivity contribution in [2.75, 3.05) is 39.3 Å². The predicted molar refractivity (Wildman–Crippen MR) is 174 cm³/mol. The Bertz CT molecular complexity index is 1450. The van der Waals surface area contributed by atoms with Crippen molar-refractivity contribution in [3.05, 3.63) is 114 Å². The highest BCUT2D eigenvalue weighted by Crippen LogP contribution is 2.15. The summed E-state index contributed by atoms with van der Waals surface area (Å²) in [4.78, 5) is 60.7. The third-order valence-corrected chi connectivity index (χ3v) is 7.48. The normalized spacial score (nSPS) is 11.4. The number of amides is 2. The zero-order valence-electron chi connectivity index (χ0n) is 26.7. The first-order valence-corrected chi connectivity index (χ1v) is 15.7. The molecule has 1 unspecified atom stereocenters. The van der Waals surface area contributed by atoms with Crippen molar-refractivity contribution in [3.8, 4) is 0 Å². The van der Waals surface area contributed by atoms with E-state index in [1.165, 1.54) is 40.1 Å². The van der Waals surface area contributed by atoms with Gasteiger partial charge in [-0.2, -0.15) is 0 Å². The second-order valence-electron chi connectivity index (χ2n) is 10.9. The molecule has 1 heterocycles. The van der Waals surface area contributed by atoms with Crippen molar-refractivity contribution in [3.63, 3.8) is 0 Å². The van der Waals surface area contributed by atoms with Crippen LogP contribution in [-0.2, 0) is 43.2 Å². The van der Waals surface area contributed by atoms with Gasteiger partial charge >= 0.3 is 5.97 Å². The fraction of sp³-hybridized carbons (Fsp3) is 0.361. The largest absolute Gasteiger partial charge is 0.461 e. The average molecular weight is 649 g/mol. The molecule has 250 valence electrons. The van der Waals surface area contributed by atoms with Crippen molar-refractivity contribution in [1.29, 1.82) is 0 Å². The van der Waals surface area contributed by atoms with Gasteiger partial charge in [-0.05, 0) is 66.9 Å². The number of ketones is 1. The molecule has 2 amide bonds. The van der Waals surface area contributed by atoms with E-state index >= 15 is 0 Å². The van der Waals surface area contributed by atoms with Crippen LogP contribution >= 0.6 is 0 Å². The topological polar surface area (TPSA) is 109 Å². The van der Waals surface area contributed by atoms with Gasteiger partial charge in [-0.25, -0.2) is 8.78 Å². The molecule has 2 aromatic carbocycles. The lowest BCUT2D eigenvalue weighted by Gasteiger charge is -2.34. The van der Waals surface area contributed by atoms with Crippen LogP contribution in [0.5, 0.6) is 0 Å². The number of nitrogens with one attached hydrogen (secondary N) is 1. The molecule has 1 aromatic heterocycles. The summed E-state index contributed by atoms with van der Waals surface area (Å²) in [5.41, 5.74) is 2.31. The van der Waals surface area contributed by atoms with E-state index in [0.717, 1.165) is 11.1 Å². The van der Waals surface area contributed by atoms with Crippen LogP contribution in [0.4, 0.5) is 8.78 Å². The summed E-state index contributed by atoms with van der Waals surface area (Å²) >= 11 is 0. The fourth-order valence-corrected chi connectivity index (χ4v) is 4.83. The summed E-state index contributed by atoms with van der Waals surface area (Å²) < 4.78 is 32.1. The van der Waals surface area contributed by atoms with E-state index in [1.807, 2.05) is 12.1 Å². The Morgan fingerprint density at radius 3 is 2.17 bits per heavy atom. The number of nitrogens with zero attached hydrogens (tertiary/aromatic N) is 3. The highest BCUT2D eigenvalue weighted by molar-refractivity contribution is 5.94. The van der Waals surface area contributed by atoms with E-state index in [1.54, 1.807) is 43.5 Å². The monoisotopic (exact) mass is 648 g/mol. The van der Waals surface area contributed by atoms with Gasteiger partial charge in [0.15, 0.2) is 5.78 Å². The molecular weight excluding hydrogens is 606 g/mol. The Morgan fingerprint density at radius 2 is 1.57 bits per heavy atom. The molecule has 3 aromatic rings. The van der Waals surface area contributed by atoms with Gasteiger partial charge in [0, 0.05) is 37.8 Å². The maximum Gasteiger partial charge on any atom is 0.308 e. The van der Waals surface area contributed by atoms with Crippen LogP contribution in [-0.4, -0.2) is 83.7 Å². The Balaban J connectivity index is 1.88. The van der Waals surface area contributed by atoms with Gasteiger partial charge in [0.2, 0.25) is 11.8 Å². The molecule has 0 radical (unpaired) electrons. The van der Waals surface area contributed by atoms with Gasteiger partial charge in [0.05, 0.1) is 19.5 Å². The van der Waals surface area contributed by atoms with Crippen LogP contribution in [0.2, 0.25) is 0 Å². The van der Waals surface area contributed by atoms with Gasteiger partial charge in [-0.3, -0.25) is 24.2 Å². The average Bonchev–Trinajstić information content (AvgIpc) is 3.08. The third kappa shape index (κ3) is 12.9. The van der Waals surface area contributed by atoms with Gasteiger partial charge in [0.25, 0.3) is 0 Å². The molecule has 11 heteroatoms. The maximum atomic E-state index is 14.3. The molecule has 0 aliphatic rings. The number of hydrogen-bond acceptors (Lipinski definition) is 7. The third-order valence-electron chi connectivity index (χ3n) is 7.48. The highest BCUT2D eigenvalue weighted by atomic mass is 19.1. The Hall–Kier alpha value is -4.77. The summed E-state index contributed by atoms with van der Waals surface area (Å²) in [6.07, 6.45) is 3.94. The lowest BCUT2D eigenvalue weighted by atomic mass is 10.1. The number of carbonyl (C=O) groups is 4. The van der Waals surface area contributed by atoms with Crippen LogP contribution < -0.4 is 5.32 Å². The number of carbonyl (C=O) groups excluding carboxylic acids is 4. The van der Waals surface area contributed by atoms with Crippen molar-refractivity contribution in [2.45, 2.75) is 45.1 Å².